The summed E-state index contributed by atoms with van der Waals surface area (Å²) >= 11 is 0. The van der Waals surface area contributed by atoms with E-state index in [1.165, 1.54) is 27.8 Å². The molecular weight excluding hydrogens is 474 g/mol. The van der Waals surface area contributed by atoms with Gasteiger partial charge in [-0.25, -0.2) is 24.3 Å². The van der Waals surface area contributed by atoms with Crippen LogP contribution in [0.3, 0.4) is 0 Å². The Morgan fingerprint density at radius 2 is 1.03 bits per heavy atom. The fraction of sp³-hybridized carbons (Fsp3) is 0.103. The number of piperidine rings is 1. The fourth-order valence-electron chi connectivity index (χ4n) is 3.31. The van der Waals surface area contributed by atoms with E-state index in [4.69, 9.17) is 0 Å². The molecule has 1 heterocycles. The smallest absolute Gasteiger partial charge is 0.315 e. The SMILES string of the molecule is C=C1C(=C[c-]2cccc2)CN(C)CC1=C[c-]1cccc1.[Fe+2].[Fe+2].c1cc[cH-]c1.c1cc[cH-]c1. The van der Waals surface area contributed by atoms with Gasteiger partial charge in [0, 0.05) is 0 Å². The molecule has 0 spiro atoms. The molecule has 1 aliphatic rings. The summed E-state index contributed by atoms with van der Waals surface area (Å²) < 4.78 is 0. The molecule has 0 aliphatic carbocycles. The van der Waals surface area contributed by atoms with Crippen LogP contribution in [0.25, 0.3) is 12.2 Å². The molecule has 1 nitrogen and oxygen atoms in total. The van der Waals surface area contributed by atoms with Gasteiger partial charge in [-0.2, -0.15) is 60.7 Å². The largest absolute Gasteiger partial charge is 2.00 e. The third-order valence-electron chi connectivity index (χ3n) is 4.83. The van der Waals surface area contributed by atoms with Gasteiger partial charge in [0.1, 0.15) is 0 Å². The van der Waals surface area contributed by atoms with E-state index in [1.807, 2.05) is 60.7 Å². The molecule has 0 bridgehead atoms. The minimum Gasteiger partial charge on any atom is -0.315 e. The van der Waals surface area contributed by atoms with Crippen LogP contribution in [0.5, 0.6) is 0 Å². The molecule has 32 heavy (non-hydrogen) atoms. The van der Waals surface area contributed by atoms with Crippen LogP contribution < -0.4 is 0 Å². The minimum absolute atomic E-state index is 0. The van der Waals surface area contributed by atoms with Crippen molar-refractivity contribution in [1.82, 2.24) is 4.90 Å². The molecule has 166 valence electrons. The number of hydrogen-bond donors (Lipinski definition) is 0. The first kappa shape index (κ1) is 27.7. The molecule has 0 radical (unpaired) electrons. The number of rotatable bonds is 2. The minimum atomic E-state index is 0. The van der Waals surface area contributed by atoms with Crippen molar-refractivity contribution in [3.63, 3.8) is 0 Å². The Morgan fingerprint density at radius 3 is 1.31 bits per heavy atom. The van der Waals surface area contributed by atoms with E-state index in [2.05, 4.69) is 79.2 Å². The van der Waals surface area contributed by atoms with Gasteiger partial charge in [-0.3, -0.25) is 0 Å². The fourth-order valence-corrected chi connectivity index (χ4v) is 3.31. The van der Waals surface area contributed by atoms with Gasteiger partial charge in [0.05, 0.1) is 0 Å². The predicted octanol–water partition coefficient (Wildman–Crippen LogP) is 6.90. The molecule has 4 aromatic carbocycles. The first-order valence-electron chi connectivity index (χ1n) is 10.3. The molecule has 5 rings (SSSR count). The number of likely N-dealkylation sites (N-methyl/N-ethyl adjacent to an activating group) is 1. The average Bonchev–Trinajstić information content (AvgIpc) is 3.55. The molecular formula is C29H29Fe2N. The van der Waals surface area contributed by atoms with E-state index in [9.17, 15) is 0 Å². The third kappa shape index (κ3) is 9.40. The summed E-state index contributed by atoms with van der Waals surface area (Å²) in [6.45, 7) is 6.23. The Labute approximate surface area is 214 Å². The third-order valence-corrected chi connectivity index (χ3v) is 4.83. The maximum absolute atomic E-state index is 4.31. The van der Waals surface area contributed by atoms with Crippen molar-refractivity contribution in [2.75, 3.05) is 20.1 Å². The molecule has 0 unspecified atom stereocenters. The Hall–Kier alpha value is -2.38. The summed E-state index contributed by atoms with van der Waals surface area (Å²) in [5.41, 5.74) is 6.30. The van der Waals surface area contributed by atoms with Gasteiger partial charge < -0.3 is 4.90 Å². The zero-order valence-corrected chi connectivity index (χ0v) is 20.5. The second-order valence-electron chi connectivity index (χ2n) is 7.35. The van der Waals surface area contributed by atoms with E-state index in [-0.39, 0.29) is 34.1 Å². The Morgan fingerprint density at radius 1 is 0.688 bits per heavy atom. The van der Waals surface area contributed by atoms with Crippen molar-refractivity contribution in [3.8, 4) is 0 Å². The van der Waals surface area contributed by atoms with Gasteiger partial charge in [0.15, 0.2) is 0 Å². The summed E-state index contributed by atoms with van der Waals surface area (Å²) in [6.07, 6.45) is 4.49. The zero-order valence-electron chi connectivity index (χ0n) is 18.3. The summed E-state index contributed by atoms with van der Waals surface area (Å²) in [5.74, 6) is 0. The molecule has 4 aromatic rings. The van der Waals surface area contributed by atoms with E-state index in [0.29, 0.717) is 0 Å². The Balaban J connectivity index is 0.000000353. The van der Waals surface area contributed by atoms with Crippen molar-refractivity contribution >= 4 is 12.2 Å². The maximum atomic E-state index is 4.31. The molecule has 1 fully saturated rings. The summed E-state index contributed by atoms with van der Waals surface area (Å²) in [7, 11) is 2.16. The van der Waals surface area contributed by atoms with E-state index in [1.54, 1.807) is 0 Å². The molecule has 1 saturated heterocycles. The normalized spacial score (nSPS) is 15.6. The molecule has 0 atom stereocenters. The molecule has 0 amide bonds. The van der Waals surface area contributed by atoms with Crippen molar-refractivity contribution < 1.29 is 34.1 Å². The predicted molar refractivity (Wildman–Crippen MR) is 131 cm³/mol. The second kappa shape index (κ2) is 15.4. The standard InChI is InChI=1S/C19H19N.2C5H5.2Fe/c1-15-18(11-16-7-3-4-8-16)13-20(2)14-19(15)12-17-9-5-6-10-17;2*1-2-4-5-3-1;;/h3-12H,1,13-14H2,2H3;2*1-5H;;/q-2;2*-1;2*+2. The number of likely N-dealkylation sites (tertiary alicyclic amines) is 1. The van der Waals surface area contributed by atoms with Crippen LogP contribution in [-0.4, -0.2) is 25.0 Å². The maximum Gasteiger partial charge on any atom is 2.00 e. The van der Waals surface area contributed by atoms with Crippen LogP contribution in [0.2, 0.25) is 0 Å². The van der Waals surface area contributed by atoms with E-state index in [0.717, 1.165) is 13.1 Å². The van der Waals surface area contributed by atoms with E-state index >= 15 is 0 Å². The Bertz CT molecular complexity index is 883. The number of hydrogen-bond acceptors (Lipinski definition) is 1. The zero-order chi connectivity index (χ0) is 21.0. The molecule has 0 aromatic heterocycles. The van der Waals surface area contributed by atoms with Crippen LogP contribution in [-0.2, 0) is 34.1 Å². The Kier molecular flexibility index (Phi) is 13.3. The van der Waals surface area contributed by atoms with Gasteiger partial charge in [-0.15, -0.1) is 70.8 Å². The van der Waals surface area contributed by atoms with Crippen LogP contribution in [0.4, 0.5) is 0 Å². The van der Waals surface area contributed by atoms with Gasteiger partial charge in [0.25, 0.3) is 0 Å². The van der Waals surface area contributed by atoms with Crippen molar-refractivity contribution in [2.45, 2.75) is 0 Å². The van der Waals surface area contributed by atoms with Crippen LogP contribution in [0.15, 0.2) is 132 Å². The summed E-state index contributed by atoms with van der Waals surface area (Å²) in [6, 6.07) is 36.8. The van der Waals surface area contributed by atoms with Gasteiger partial charge >= 0.3 is 34.1 Å². The first-order valence-corrected chi connectivity index (χ1v) is 10.3. The van der Waals surface area contributed by atoms with E-state index < -0.39 is 0 Å². The number of nitrogens with zero attached hydrogens (tertiary/aromatic N) is 1. The van der Waals surface area contributed by atoms with Gasteiger partial charge in [0.2, 0.25) is 0 Å². The molecule has 0 saturated carbocycles. The van der Waals surface area contributed by atoms with Crippen molar-refractivity contribution in [3.05, 3.63) is 144 Å². The van der Waals surface area contributed by atoms with Crippen LogP contribution in [0, 0.1) is 0 Å². The van der Waals surface area contributed by atoms with Gasteiger partial charge in [-0.05, 0) is 20.1 Å². The molecule has 3 heteroatoms. The monoisotopic (exact) mass is 503 g/mol. The topological polar surface area (TPSA) is 3.24 Å². The quantitative estimate of drug-likeness (QED) is 0.213. The van der Waals surface area contributed by atoms with Crippen molar-refractivity contribution in [2.24, 2.45) is 0 Å². The second-order valence-corrected chi connectivity index (χ2v) is 7.35. The molecule has 0 N–H and O–H groups in total. The summed E-state index contributed by atoms with van der Waals surface area (Å²) in [4.78, 5) is 2.33. The molecule has 1 aliphatic heterocycles. The average molecular weight is 503 g/mol. The van der Waals surface area contributed by atoms with Crippen molar-refractivity contribution in [1.29, 1.82) is 0 Å². The van der Waals surface area contributed by atoms with Crippen LogP contribution >= 0.6 is 0 Å². The van der Waals surface area contributed by atoms with Gasteiger partial charge in [-0.1, -0.05) is 0 Å². The summed E-state index contributed by atoms with van der Waals surface area (Å²) in [5, 5.41) is 0. The van der Waals surface area contributed by atoms with Crippen LogP contribution in [0.1, 0.15) is 11.1 Å². The first-order chi connectivity index (χ1) is 14.7.